The molecular weight excluding hydrogens is 621 g/mol. The summed E-state index contributed by atoms with van der Waals surface area (Å²) in [6.07, 6.45) is 7.69. The number of nitrogens with one attached hydrogen (secondary N) is 2. The summed E-state index contributed by atoms with van der Waals surface area (Å²) < 4.78 is 34.7. The van der Waals surface area contributed by atoms with Gasteiger partial charge in [0.25, 0.3) is 5.91 Å². The van der Waals surface area contributed by atoms with E-state index in [9.17, 15) is 18.0 Å². The van der Waals surface area contributed by atoms with Crippen LogP contribution in [0, 0.1) is 25.7 Å². The molecule has 3 aromatic rings. The lowest BCUT2D eigenvalue weighted by molar-refractivity contribution is -0.138. The van der Waals surface area contributed by atoms with Crippen molar-refractivity contribution in [2.45, 2.75) is 71.6 Å². The maximum Gasteiger partial charge on any atom is 0.281 e. The van der Waals surface area contributed by atoms with Crippen molar-refractivity contribution >= 4 is 55.9 Å². The normalized spacial score (nSPS) is 18.0. The van der Waals surface area contributed by atoms with Crippen LogP contribution in [0.1, 0.15) is 78.5 Å². The molecule has 0 radical (unpaired) electrons. The van der Waals surface area contributed by atoms with E-state index >= 15 is 0 Å². The number of benzene rings is 2. The van der Waals surface area contributed by atoms with Crippen molar-refractivity contribution < 1.29 is 22.7 Å². The van der Waals surface area contributed by atoms with Crippen LogP contribution in [-0.2, 0) is 21.2 Å². The second kappa shape index (κ2) is 14.1. The highest BCUT2D eigenvalue weighted by atomic mass is 35.5. The molecule has 44 heavy (non-hydrogen) atoms. The number of fused-ring (bicyclic) bond motifs is 1. The number of amides is 2. The zero-order chi connectivity index (χ0) is 31.4. The molecule has 238 valence electrons. The first-order chi connectivity index (χ1) is 21.0. The number of aryl methyl sites for hydroxylation is 3. The lowest BCUT2D eigenvalue weighted by atomic mass is 9.87. The van der Waals surface area contributed by atoms with Gasteiger partial charge in [0.05, 0.1) is 12.4 Å². The molecule has 2 N–H and O–H groups in total. The highest BCUT2D eigenvalue weighted by Gasteiger charge is 2.32. The van der Waals surface area contributed by atoms with Gasteiger partial charge in [-0.05, 0) is 99.2 Å². The van der Waals surface area contributed by atoms with Crippen LogP contribution in [0.15, 0.2) is 30.3 Å². The molecule has 0 bridgehead atoms. The number of carbonyl (C=O) groups excluding carboxylic acids is 2. The van der Waals surface area contributed by atoms with E-state index in [0.29, 0.717) is 60.1 Å². The van der Waals surface area contributed by atoms with Gasteiger partial charge < -0.3 is 14.6 Å². The van der Waals surface area contributed by atoms with E-state index in [1.807, 2.05) is 36.9 Å². The predicted molar refractivity (Wildman–Crippen MR) is 175 cm³/mol. The lowest BCUT2D eigenvalue weighted by Crippen LogP contribution is -2.46. The van der Waals surface area contributed by atoms with Gasteiger partial charge >= 0.3 is 0 Å². The van der Waals surface area contributed by atoms with Crippen molar-refractivity contribution in [1.82, 2.24) is 14.6 Å². The monoisotopic (exact) mass is 661 g/mol. The first-order valence-electron chi connectivity index (χ1n) is 15.5. The molecule has 2 heterocycles. The van der Waals surface area contributed by atoms with Crippen LogP contribution in [0.5, 0.6) is 5.75 Å². The number of nitrogens with zero attached hydrogens (tertiary/aromatic N) is 1. The summed E-state index contributed by atoms with van der Waals surface area (Å²) in [4.78, 5) is 31.5. The number of sulfonamides is 1. The van der Waals surface area contributed by atoms with Gasteiger partial charge in [0, 0.05) is 40.0 Å². The Morgan fingerprint density at radius 3 is 2.48 bits per heavy atom. The molecule has 1 aliphatic carbocycles. The van der Waals surface area contributed by atoms with Crippen molar-refractivity contribution in [3.63, 3.8) is 0 Å². The van der Waals surface area contributed by atoms with E-state index < -0.39 is 15.9 Å². The third-order valence-electron chi connectivity index (χ3n) is 8.83. The zero-order valence-corrected chi connectivity index (χ0v) is 27.7. The quantitative estimate of drug-likeness (QED) is 0.228. The Morgan fingerprint density at radius 2 is 1.75 bits per heavy atom. The average Bonchev–Trinajstić information content (AvgIpc) is 3.35. The smallest absolute Gasteiger partial charge is 0.281 e. The molecule has 2 aromatic carbocycles. The number of rotatable bonds is 10. The van der Waals surface area contributed by atoms with E-state index in [-0.39, 0.29) is 29.2 Å². The van der Waals surface area contributed by atoms with Crippen LogP contribution in [0.4, 0.5) is 0 Å². The first kappa shape index (κ1) is 32.6. The fraction of sp³-hybridized carbons (Fsp3) is 0.515. The topological polar surface area (TPSA) is 109 Å². The van der Waals surface area contributed by atoms with Gasteiger partial charge in [-0.1, -0.05) is 48.5 Å². The van der Waals surface area contributed by atoms with Crippen molar-refractivity contribution in [2.24, 2.45) is 11.8 Å². The van der Waals surface area contributed by atoms with Crippen LogP contribution in [-0.4, -0.2) is 55.6 Å². The van der Waals surface area contributed by atoms with Crippen LogP contribution < -0.4 is 9.46 Å². The molecule has 2 aliphatic rings. The van der Waals surface area contributed by atoms with Crippen LogP contribution in [0.3, 0.4) is 0 Å². The number of aromatic nitrogens is 1. The number of hydrogen-bond donors (Lipinski definition) is 2. The van der Waals surface area contributed by atoms with Crippen molar-refractivity contribution in [3.05, 3.63) is 62.8 Å². The Balaban J connectivity index is 1.24. The average molecular weight is 663 g/mol. The second-order valence-electron chi connectivity index (χ2n) is 12.3. The summed E-state index contributed by atoms with van der Waals surface area (Å²) in [7, 11) is -3.96. The molecule has 1 saturated carbocycles. The number of ether oxygens (including phenoxy) is 1. The molecule has 1 saturated heterocycles. The van der Waals surface area contributed by atoms with Crippen molar-refractivity contribution in [2.75, 3.05) is 25.4 Å². The summed E-state index contributed by atoms with van der Waals surface area (Å²) in [6, 6.07) is 9.09. The Kier molecular flexibility index (Phi) is 10.5. The van der Waals surface area contributed by atoms with E-state index in [2.05, 4.69) is 9.71 Å². The molecule has 2 amide bonds. The Labute approximate surface area is 269 Å². The zero-order valence-electron chi connectivity index (χ0n) is 25.4. The maximum atomic E-state index is 13.5. The molecule has 1 atom stereocenters. The molecule has 11 heteroatoms. The van der Waals surface area contributed by atoms with Crippen molar-refractivity contribution in [1.29, 1.82) is 0 Å². The molecule has 8 nitrogen and oxygen atoms in total. The van der Waals surface area contributed by atoms with Gasteiger partial charge in [-0.2, -0.15) is 0 Å². The van der Waals surface area contributed by atoms with Gasteiger partial charge in [-0.3, -0.25) is 9.59 Å². The number of H-pyrrole nitrogens is 1. The standard InChI is InChI=1S/C33H41Cl2N3O5S/c1-21-16-26(17-22(2)30(21)35)43-15-7-11-28-27-13-12-25(34)18-29(27)36-31(28)32(39)37-44(41,42)20-23-8-6-14-38(19-23)33(40)24-9-4-3-5-10-24/h12-13,16-18,23-24,36H,3-11,14-15,19-20H2,1-2H3,(H,37,39). The minimum atomic E-state index is -3.96. The Hall–Kier alpha value is -2.75. The van der Waals surface area contributed by atoms with Crippen molar-refractivity contribution in [3.8, 4) is 5.75 Å². The van der Waals surface area contributed by atoms with Gasteiger partial charge in [0.2, 0.25) is 15.9 Å². The Bertz CT molecular complexity index is 1610. The van der Waals surface area contributed by atoms with Gasteiger partial charge in [-0.15, -0.1) is 0 Å². The van der Waals surface area contributed by atoms with Crippen LogP contribution in [0.2, 0.25) is 10.0 Å². The number of aromatic amines is 1. The fourth-order valence-electron chi connectivity index (χ4n) is 6.66. The lowest BCUT2D eigenvalue weighted by Gasteiger charge is -2.35. The third kappa shape index (κ3) is 7.90. The highest BCUT2D eigenvalue weighted by Crippen LogP contribution is 2.30. The number of carbonyl (C=O) groups is 2. The molecule has 1 aromatic heterocycles. The second-order valence-corrected chi connectivity index (χ2v) is 14.9. The molecule has 1 unspecified atom stereocenters. The first-order valence-corrected chi connectivity index (χ1v) is 17.9. The molecule has 5 rings (SSSR count). The fourth-order valence-corrected chi connectivity index (χ4v) is 8.30. The maximum absolute atomic E-state index is 13.5. The van der Waals surface area contributed by atoms with Gasteiger partial charge in [0.15, 0.2) is 0 Å². The van der Waals surface area contributed by atoms with E-state index in [1.54, 1.807) is 12.1 Å². The largest absolute Gasteiger partial charge is 0.494 e. The van der Waals surface area contributed by atoms with E-state index in [0.717, 1.165) is 54.4 Å². The minimum absolute atomic E-state index is 0.0533. The Morgan fingerprint density at radius 1 is 1.02 bits per heavy atom. The summed E-state index contributed by atoms with van der Waals surface area (Å²) in [5, 5.41) is 2.03. The number of hydrogen-bond acceptors (Lipinski definition) is 5. The SMILES string of the molecule is Cc1cc(OCCCc2c(C(=O)NS(=O)(=O)CC3CCCN(C(=O)C4CCCCC4)C3)[nH]c3cc(Cl)ccc23)cc(C)c1Cl. The molecule has 1 aliphatic heterocycles. The third-order valence-corrected chi connectivity index (χ3v) is 11.1. The minimum Gasteiger partial charge on any atom is -0.494 e. The summed E-state index contributed by atoms with van der Waals surface area (Å²) in [6.45, 7) is 5.34. The number of piperidine rings is 1. The molecule has 0 spiro atoms. The summed E-state index contributed by atoms with van der Waals surface area (Å²) in [5.74, 6) is -0.202. The highest BCUT2D eigenvalue weighted by molar-refractivity contribution is 7.90. The van der Waals surface area contributed by atoms with E-state index in [4.69, 9.17) is 27.9 Å². The number of likely N-dealkylation sites (tertiary alicyclic amines) is 1. The van der Waals surface area contributed by atoms with Gasteiger partial charge in [0.1, 0.15) is 11.4 Å². The van der Waals surface area contributed by atoms with E-state index in [1.165, 1.54) is 6.42 Å². The molecule has 2 fully saturated rings. The summed E-state index contributed by atoms with van der Waals surface area (Å²) >= 11 is 12.5. The van der Waals surface area contributed by atoms with Gasteiger partial charge in [-0.25, -0.2) is 13.1 Å². The van der Waals surface area contributed by atoms with Crippen LogP contribution in [0.25, 0.3) is 10.9 Å². The summed E-state index contributed by atoms with van der Waals surface area (Å²) in [5.41, 5.74) is 3.43. The number of halogens is 2. The van der Waals surface area contributed by atoms with Crippen LogP contribution >= 0.6 is 23.2 Å². The predicted octanol–water partition coefficient (Wildman–Crippen LogP) is 6.98. The molecular formula is C33H41Cl2N3O5S.